The quantitative estimate of drug-likeness (QED) is 0.902. The van der Waals surface area contributed by atoms with Crippen LogP contribution in [-0.2, 0) is 6.18 Å². The molecule has 3 N–H and O–H groups in total. The molecule has 0 saturated carbocycles. The van der Waals surface area contributed by atoms with Gasteiger partial charge in [0.1, 0.15) is 0 Å². The van der Waals surface area contributed by atoms with Crippen LogP contribution < -0.4 is 5.73 Å². The van der Waals surface area contributed by atoms with Crippen LogP contribution in [-0.4, -0.2) is 10.1 Å². The summed E-state index contributed by atoms with van der Waals surface area (Å²) in [6, 6.07) is 7.68. The third kappa shape index (κ3) is 3.97. The normalized spacial score (nSPS) is 14.1. The molecule has 0 radical (unpaired) electrons. The van der Waals surface area contributed by atoms with Crippen molar-refractivity contribution >= 4 is 12.4 Å². The molecule has 0 spiro atoms. The van der Waals surface area contributed by atoms with Gasteiger partial charge in [0.2, 0.25) is 0 Å². The van der Waals surface area contributed by atoms with Crippen molar-refractivity contribution < 1.29 is 18.3 Å². The molecule has 1 aromatic carbocycles. The monoisotopic (exact) mass is 332 g/mol. The van der Waals surface area contributed by atoms with Crippen LogP contribution in [0.3, 0.4) is 0 Å². The highest BCUT2D eigenvalue weighted by Gasteiger charge is 2.35. The lowest BCUT2D eigenvalue weighted by Gasteiger charge is -2.17. The Morgan fingerprint density at radius 1 is 1.09 bits per heavy atom. The van der Waals surface area contributed by atoms with E-state index in [0.717, 1.165) is 6.07 Å². The van der Waals surface area contributed by atoms with Crippen molar-refractivity contribution in [2.75, 3.05) is 0 Å². The number of aromatic nitrogens is 1. The van der Waals surface area contributed by atoms with Crippen LogP contribution in [0.15, 0.2) is 42.6 Å². The maximum Gasteiger partial charge on any atom is 0.418 e. The molecule has 22 heavy (non-hydrogen) atoms. The molecular formula is C15H16ClF3N2O. The molecule has 0 amide bonds. The van der Waals surface area contributed by atoms with Crippen LogP contribution in [0.2, 0.25) is 0 Å². The lowest BCUT2D eigenvalue weighted by molar-refractivity contribution is -0.138. The number of aliphatic hydroxyl groups excluding tert-OH is 1. The van der Waals surface area contributed by atoms with Crippen LogP contribution in [0.25, 0.3) is 0 Å². The predicted octanol–water partition coefficient (Wildman–Crippen LogP) is 3.62. The van der Waals surface area contributed by atoms with Crippen molar-refractivity contribution in [3.05, 3.63) is 65.0 Å². The minimum Gasteiger partial charge on any atom is -0.389 e. The largest absolute Gasteiger partial charge is 0.418 e. The minimum absolute atomic E-state index is 0. The van der Waals surface area contributed by atoms with Gasteiger partial charge in [0.25, 0.3) is 0 Å². The van der Waals surface area contributed by atoms with Gasteiger partial charge in [0.15, 0.2) is 0 Å². The van der Waals surface area contributed by atoms with E-state index in [4.69, 9.17) is 5.73 Å². The van der Waals surface area contributed by atoms with Gasteiger partial charge >= 0.3 is 6.18 Å². The Labute approximate surface area is 132 Å². The number of hydrogen-bond donors (Lipinski definition) is 2. The first-order valence-corrected chi connectivity index (χ1v) is 6.36. The standard InChI is InChI=1S/C15H15F3N2O.ClH/c1-9(21)10-4-6-11(7-5-10)13(19)14-12(15(16,17)18)3-2-8-20-14;/h2-9,13,21H,19H2,1H3;1H. The van der Waals surface area contributed by atoms with E-state index in [-0.39, 0.29) is 18.1 Å². The average molecular weight is 333 g/mol. The highest BCUT2D eigenvalue weighted by Crippen LogP contribution is 2.34. The first-order valence-electron chi connectivity index (χ1n) is 6.36. The maximum absolute atomic E-state index is 13.0. The number of aliphatic hydroxyl groups is 1. The van der Waals surface area contributed by atoms with Crippen molar-refractivity contribution in [1.82, 2.24) is 4.98 Å². The van der Waals surface area contributed by atoms with Gasteiger partial charge in [-0.2, -0.15) is 13.2 Å². The van der Waals surface area contributed by atoms with Gasteiger partial charge in [-0.25, -0.2) is 0 Å². The number of nitrogens with two attached hydrogens (primary N) is 1. The molecule has 1 heterocycles. The van der Waals surface area contributed by atoms with Crippen LogP contribution in [0.5, 0.6) is 0 Å². The Kier molecular flexibility index (Phi) is 5.93. The Bertz CT molecular complexity index is 615. The van der Waals surface area contributed by atoms with E-state index in [9.17, 15) is 18.3 Å². The number of benzene rings is 1. The van der Waals surface area contributed by atoms with E-state index in [1.807, 2.05) is 0 Å². The zero-order valence-electron chi connectivity index (χ0n) is 11.7. The molecule has 2 unspecified atom stereocenters. The number of rotatable bonds is 3. The summed E-state index contributed by atoms with van der Waals surface area (Å²) in [5, 5.41) is 9.43. The lowest BCUT2D eigenvalue weighted by Crippen LogP contribution is -2.20. The molecular weight excluding hydrogens is 317 g/mol. The van der Waals surface area contributed by atoms with E-state index in [0.29, 0.717) is 11.1 Å². The smallest absolute Gasteiger partial charge is 0.389 e. The van der Waals surface area contributed by atoms with Crippen LogP contribution in [0.1, 0.15) is 41.5 Å². The molecule has 0 fully saturated rings. The fourth-order valence-corrected chi connectivity index (χ4v) is 2.04. The third-order valence-corrected chi connectivity index (χ3v) is 3.22. The Balaban J connectivity index is 0.00000242. The summed E-state index contributed by atoms with van der Waals surface area (Å²) < 4.78 is 38.9. The first kappa shape index (κ1) is 18.4. The summed E-state index contributed by atoms with van der Waals surface area (Å²) >= 11 is 0. The van der Waals surface area contributed by atoms with Gasteiger partial charge in [-0.3, -0.25) is 4.98 Å². The maximum atomic E-state index is 13.0. The summed E-state index contributed by atoms with van der Waals surface area (Å²) in [6.07, 6.45) is -3.86. The van der Waals surface area contributed by atoms with Crippen LogP contribution in [0, 0.1) is 0 Å². The van der Waals surface area contributed by atoms with Gasteiger partial charge < -0.3 is 10.8 Å². The predicted molar refractivity (Wildman–Crippen MR) is 79.6 cm³/mol. The molecule has 2 atom stereocenters. The third-order valence-electron chi connectivity index (χ3n) is 3.22. The second-order valence-corrected chi connectivity index (χ2v) is 4.75. The lowest BCUT2D eigenvalue weighted by atomic mass is 9.98. The van der Waals surface area contributed by atoms with Crippen molar-refractivity contribution in [3.63, 3.8) is 0 Å². The summed E-state index contributed by atoms with van der Waals surface area (Å²) in [5.74, 6) is 0. The molecule has 1 aromatic heterocycles. The van der Waals surface area contributed by atoms with Gasteiger partial charge in [-0.15, -0.1) is 12.4 Å². The fourth-order valence-electron chi connectivity index (χ4n) is 2.04. The molecule has 0 bridgehead atoms. The second kappa shape index (κ2) is 7.09. The van der Waals surface area contributed by atoms with Gasteiger partial charge in [-0.1, -0.05) is 24.3 Å². The van der Waals surface area contributed by atoms with Gasteiger partial charge in [0, 0.05) is 6.20 Å². The molecule has 7 heteroatoms. The Morgan fingerprint density at radius 2 is 1.64 bits per heavy atom. The zero-order chi connectivity index (χ0) is 15.6. The number of pyridine rings is 1. The summed E-state index contributed by atoms with van der Waals surface area (Å²) in [7, 11) is 0. The van der Waals surface area contributed by atoms with Crippen molar-refractivity contribution in [1.29, 1.82) is 0 Å². The molecule has 3 nitrogen and oxygen atoms in total. The summed E-state index contributed by atoms with van der Waals surface area (Å²) in [6.45, 7) is 1.61. The van der Waals surface area contributed by atoms with Crippen molar-refractivity contribution in [2.45, 2.75) is 25.2 Å². The molecule has 0 aliphatic rings. The molecule has 2 rings (SSSR count). The summed E-state index contributed by atoms with van der Waals surface area (Å²) in [5.41, 5.74) is 6.04. The van der Waals surface area contributed by atoms with Gasteiger partial charge in [0.05, 0.1) is 23.4 Å². The van der Waals surface area contributed by atoms with E-state index < -0.39 is 23.9 Å². The van der Waals surface area contributed by atoms with Gasteiger partial charge in [-0.05, 0) is 30.2 Å². The molecule has 0 aliphatic carbocycles. The number of nitrogens with zero attached hydrogens (tertiary/aromatic N) is 1. The average Bonchev–Trinajstić information content (AvgIpc) is 2.45. The zero-order valence-corrected chi connectivity index (χ0v) is 12.5. The Hall–Kier alpha value is -1.63. The van der Waals surface area contributed by atoms with E-state index in [2.05, 4.69) is 4.98 Å². The summed E-state index contributed by atoms with van der Waals surface area (Å²) in [4.78, 5) is 3.78. The first-order chi connectivity index (χ1) is 9.80. The highest BCUT2D eigenvalue weighted by atomic mass is 35.5. The number of halogens is 4. The molecule has 2 aromatic rings. The molecule has 0 saturated heterocycles. The van der Waals surface area contributed by atoms with Crippen LogP contribution >= 0.6 is 12.4 Å². The van der Waals surface area contributed by atoms with Crippen LogP contribution in [0.4, 0.5) is 13.2 Å². The minimum atomic E-state index is -4.50. The van der Waals surface area contributed by atoms with E-state index in [1.54, 1.807) is 31.2 Å². The fraction of sp³-hybridized carbons (Fsp3) is 0.267. The topological polar surface area (TPSA) is 59.1 Å². The molecule has 120 valence electrons. The molecule has 0 aliphatic heterocycles. The van der Waals surface area contributed by atoms with E-state index >= 15 is 0 Å². The van der Waals surface area contributed by atoms with Crippen molar-refractivity contribution in [2.24, 2.45) is 5.73 Å². The number of hydrogen-bond acceptors (Lipinski definition) is 3. The van der Waals surface area contributed by atoms with Crippen molar-refractivity contribution in [3.8, 4) is 0 Å². The highest BCUT2D eigenvalue weighted by molar-refractivity contribution is 5.85. The second-order valence-electron chi connectivity index (χ2n) is 4.75. The SMILES string of the molecule is CC(O)c1ccc(C(N)c2ncccc2C(F)(F)F)cc1.Cl. The Morgan fingerprint density at radius 3 is 2.14 bits per heavy atom. The van der Waals surface area contributed by atoms with E-state index in [1.165, 1.54) is 12.3 Å². The number of alkyl halides is 3.